The van der Waals surface area contributed by atoms with Crippen molar-refractivity contribution in [1.29, 1.82) is 0 Å². The highest BCUT2D eigenvalue weighted by atomic mass is 19.1. The summed E-state index contributed by atoms with van der Waals surface area (Å²) in [5.41, 5.74) is 0.850. The predicted octanol–water partition coefficient (Wildman–Crippen LogP) is 3.49. The lowest BCUT2D eigenvalue weighted by atomic mass is 10.2. The number of hydrogen-bond donors (Lipinski definition) is 2. The summed E-state index contributed by atoms with van der Waals surface area (Å²) in [6, 6.07) is 9.75. The van der Waals surface area contributed by atoms with Crippen molar-refractivity contribution in [2.45, 2.75) is 25.8 Å². The minimum Gasteiger partial charge on any atom is -0.439 e. The molecule has 3 rings (SSSR count). The maximum absolute atomic E-state index is 13.4. The van der Waals surface area contributed by atoms with Gasteiger partial charge in [-0.3, -0.25) is 4.99 Å². The van der Waals surface area contributed by atoms with Gasteiger partial charge in [-0.05, 0) is 43.4 Å². The summed E-state index contributed by atoms with van der Waals surface area (Å²) in [5.74, 6) is 1.99. The van der Waals surface area contributed by atoms with E-state index in [0.29, 0.717) is 24.1 Å². The van der Waals surface area contributed by atoms with Crippen molar-refractivity contribution in [2.24, 2.45) is 10.9 Å². The van der Waals surface area contributed by atoms with Crippen LogP contribution in [0.25, 0.3) is 0 Å². The Balaban J connectivity index is 1.44. The SMILES string of the molecule is CN=C(NCCCOCC1CC1)NCc1cccnc1Oc1cccc(F)c1. The van der Waals surface area contributed by atoms with Crippen molar-refractivity contribution in [1.82, 2.24) is 15.6 Å². The summed E-state index contributed by atoms with van der Waals surface area (Å²) < 4.78 is 24.7. The molecule has 1 heterocycles. The van der Waals surface area contributed by atoms with Gasteiger partial charge >= 0.3 is 0 Å². The van der Waals surface area contributed by atoms with Gasteiger partial charge in [0.05, 0.1) is 0 Å². The van der Waals surface area contributed by atoms with E-state index in [9.17, 15) is 4.39 Å². The van der Waals surface area contributed by atoms with Gasteiger partial charge in [-0.25, -0.2) is 9.37 Å². The van der Waals surface area contributed by atoms with E-state index in [2.05, 4.69) is 20.6 Å². The Morgan fingerprint density at radius 1 is 1.25 bits per heavy atom. The molecule has 6 nitrogen and oxygen atoms in total. The van der Waals surface area contributed by atoms with Crippen molar-refractivity contribution in [3.63, 3.8) is 0 Å². The Morgan fingerprint density at radius 2 is 2.14 bits per heavy atom. The van der Waals surface area contributed by atoms with Gasteiger partial charge in [0.2, 0.25) is 5.88 Å². The van der Waals surface area contributed by atoms with E-state index in [4.69, 9.17) is 9.47 Å². The van der Waals surface area contributed by atoms with Crippen LogP contribution in [0.2, 0.25) is 0 Å². The molecule has 28 heavy (non-hydrogen) atoms. The fourth-order valence-electron chi connectivity index (χ4n) is 2.61. The van der Waals surface area contributed by atoms with Crippen molar-refractivity contribution in [2.75, 3.05) is 26.8 Å². The minimum absolute atomic E-state index is 0.348. The summed E-state index contributed by atoms with van der Waals surface area (Å²) in [4.78, 5) is 8.49. The van der Waals surface area contributed by atoms with Gasteiger partial charge in [-0.1, -0.05) is 12.1 Å². The van der Waals surface area contributed by atoms with Crippen LogP contribution < -0.4 is 15.4 Å². The highest BCUT2D eigenvalue weighted by molar-refractivity contribution is 5.79. The molecule has 0 atom stereocenters. The Kier molecular flexibility index (Phi) is 7.61. The summed E-state index contributed by atoms with van der Waals surface area (Å²) in [6.07, 6.45) is 5.20. The van der Waals surface area contributed by atoms with Crippen LogP contribution in [0.3, 0.4) is 0 Å². The number of halogens is 1. The fraction of sp³-hybridized carbons (Fsp3) is 0.429. The molecule has 0 radical (unpaired) electrons. The molecular weight excluding hydrogens is 359 g/mol. The third-order valence-electron chi connectivity index (χ3n) is 4.34. The first-order valence-electron chi connectivity index (χ1n) is 9.64. The largest absolute Gasteiger partial charge is 0.439 e. The molecule has 2 aromatic rings. The van der Waals surface area contributed by atoms with Crippen molar-refractivity contribution in [3.05, 3.63) is 54.0 Å². The second-order valence-electron chi connectivity index (χ2n) is 6.75. The van der Waals surface area contributed by atoms with Crippen LogP contribution in [0.1, 0.15) is 24.8 Å². The molecule has 1 aromatic carbocycles. The molecule has 1 aromatic heterocycles. The lowest BCUT2D eigenvalue weighted by Gasteiger charge is -2.14. The normalized spacial score (nSPS) is 14.0. The number of nitrogens with zero attached hydrogens (tertiary/aromatic N) is 2. The molecule has 0 unspecified atom stereocenters. The van der Waals surface area contributed by atoms with E-state index in [1.165, 1.54) is 25.0 Å². The second-order valence-corrected chi connectivity index (χ2v) is 6.75. The first kappa shape index (κ1) is 20.1. The van der Waals surface area contributed by atoms with Gasteiger partial charge in [-0.15, -0.1) is 0 Å². The highest BCUT2D eigenvalue weighted by Crippen LogP contribution is 2.28. The zero-order chi connectivity index (χ0) is 19.6. The lowest BCUT2D eigenvalue weighted by molar-refractivity contribution is 0.123. The van der Waals surface area contributed by atoms with E-state index >= 15 is 0 Å². The van der Waals surface area contributed by atoms with Gasteiger partial charge in [0.25, 0.3) is 0 Å². The number of benzene rings is 1. The number of nitrogens with one attached hydrogen (secondary N) is 2. The molecular formula is C21H27FN4O2. The van der Waals surface area contributed by atoms with Crippen molar-refractivity contribution >= 4 is 5.96 Å². The molecule has 2 N–H and O–H groups in total. The summed E-state index contributed by atoms with van der Waals surface area (Å²) >= 11 is 0. The summed E-state index contributed by atoms with van der Waals surface area (Å²) in [7, 11) is 1.73. The first-order valence-corrected chi connectivity index (χ1v) is 9.64. The van der Waals surface area contributed by atoms with Gasteiger partial charge in [0.15, 0.2) is 5.96 Å². The Hall–Kier alpha value is -2.67. The number of guanidine groups is 1. The number of hydrogen-bond acceptors (Lipinski definition) is 4. The highest BCUT2D eigenvalue weighted by Gasteiger charge is 2.20. The molecule has 7 heteroatoms. The van der Waals surface area contributed by atoms with E-state index < -0.39 is 0 Å². The number of ether oxygens (including phenoxy) is 2. The number of rotatable bonds is 10. The van der Waals surface area contributed by atoms with Crippen LogP contribution in [0.4, 0.5) is 4.39 Å². The van der Waals surface area contributed by atoms with Crippen LogP contribution in [0.15, 0.2) is 47.6 Å². The van der Waals surface area contributed by atoms with Crippen LogP contribution >= 0.6 is 0 Å². The average molecular weight is 386 g/mol. The van der Waals surface area contributed by atoms with Gasteiger partial charge in [0.1, 0.15) is 11.6 Å². The van der Waals surface area contributed by atoms with Crippen molar-refractivity contribution < 1.29 is 13.9 Å². The standard InChI is InChI=1S/C21H27FN4O2/c1-23-21(25-11-4-12-27-15-16-8-9-16)26-14-17-5-3-10-24-20(17)28-19-7-2-6-18(22)13-19/h2-3,5-7,10,13,16H,4,8-9,11-12,14-15H2,1H3,(H2,23,25,26). The molecule has 0 aliphatic heterocycles. The minimum atomic E-state index is -0.348. The third kappa shape index (κ3) is 6.81. The maximum Gasteiger partial charge on any atom is 0.224 e. The van der Waals surface area contributed by atoms with Gasteiger partial charge in [0, 0.05) is 51.2 Å². The molecule has 1 fully saturated rings. The number of aromatic nitrogens is 1. The van der Waals surface area contributed by atoms with Crippen molar-refractivity contribution in [3.8, 4) is 11.6 Å². The molecule has 0 amide bonds. The average Bonchev–Trinajstić information content (AvgIpc) is 3.52. The zero-order valence-corrected chi connectivity index (χ0v) is 16.2. The molecule has 0 bridgehead atoms. The molecule has 150 valence electrons. The van der Waals surface area contributed by atoms with Crippen LogP contribution in [0, 0.1) is 11.7 Å². The number of pyridine rings is 1. The quantitative estimate of drug-likeness (QED) is 0.372. The Bertz CT molecular complexity index is 781. The van der Waals surface area contributed by atoms with Gasteiger partial charge in [-0.2, -0.15) is 0 Å². The Morgan fingerprint density at radius 3 is 2.93 bits per heavy atom. The number of aliphatic imine (C=N–C) groups is 1. The maximum atomic E-state index is 13.4. The monoisotopic (exact) mass is 386 g/mol. The van der Waals surface area contributed by atoms with E-state index in [1.807, 2.05) is 12.1 Å². The summed E-state index contributed by atoms with van der Waals surface area (Å²) in [6.45, 7) is 2.91. The predicted molar refractivity (Wildman–Crippen MR) is 107 cm³/mol. The fourth-order valence-corrected chi connectivity index (χ4v) is 2.61. The van der Waals surface area contributed by atoms with E-state index in [0.717, 1.165) is 37.7 Å². The Labute approximate surface area is 165 Å². The van der Waals surface area contributed by atoms with E-state index in [-0.39, 0.29) is 5.82 Å². The summed E-state index contributed by atoms with van der Waals surface area (Å²) in [5, 5.41) is 6.51. The van der Waals surface area contributed by atoms with Crippen LogP contribution in [-0.2, 0) is 11.3 Å². The molecule has 1 saturated carbocycles. The molecule has 0 spiro atoms. The topological polar surface area (TPSA) is 67.8 Å². The third-order valence-corrected chi connectivity index (χ3v) is 4.34. The zero-order valence-electron chi connectivity index (χ0n) is 16.2. The molecule has 1 aliphatic rings. The molecule has 0 saturated heterocycles. The van der Waals surface area contributed by atoms with Crippen LogP contribution in [0.5, 0.6) is 11.6 Å². The second kappa shape index (κ2) is 10.6. The van der Waals surface area contributed by atoms with Crippen LogP contribution in [-0.4, -0.2) is 37.7 Å². The first-order chi connectivity index (χ1) is 13.7. The smallest absolute Gasteiger partial charge is 0.224 e. The lowest BCUT2D eigenvalue weighted by Crippen LogP contribution is -2.37. The molecule has 1 aliphatic carbocycles. The van der Waals surface area contributed by atoms with E-state index in [1.54, 1.807) is 25.4 Å². The van der Waals surface area contributed by atoms with Gasteiger partial charge < -0.3 is 20.1 Å².